The van der Waals surface area contributed by atoms with Crippen LogP contribution in [-0.2, 0) is 0 Å². The number of rotatable bonds is 4. The van der Waals surface area contributed by atoms with Crippen LogP contribution in [0.5, 0.6) is 11.5 Å². The van der Waals surface area contributed by atoms with Gasteiger partial charge in [0.25, 0.3) is 0 Å². The molecule has 17 heavy (non-hydrogen) atoms. The summed E-state index contributed by atoms with van der Waals surface area (Å²) in [5, 5.41) is 11.1. The first kappa shape index (κ1) is 14.1. The van der Waals surface area contributed by atoms with Gasteiger partial charge in [0, 0.05) is 0 Å². The molecule has 1 unspecified atom stereocenters. The Bertz CT molecular complexity index is 394. The van der Waals surface area contributed by atoms with Gasteiger partial charge in [-0.25, -0.2) is 0 Å². The lowest BCUT2D eigenvalue weighted by Gasteiger charge is -2.24. The molecule has 0 bridgehead atoms. The number of benzene rings is 1. The van der Waals surface area contributed by atoms with Crippen molar-refractivity contribution in [1.29, 1.82) is 0 Å². The van der Waals surface area contributed by atoms with Gasteiger partial charge in [-0.15, -0.1) is 0 Å². The first-order valence-corrected chi connectivity index (χ1v) is 9.25. The number of hydrogen-bond donors (Lipinski definition) is 1. The van der Waals surface area contributed by atoms with Crippen LogP contribution in [0.4, 0.5) is 0 Å². The van der Waals surface area contributed by atoms with Gasteiger partial charge in [-0.3, -0.25) is 0 Å². The maximum absolute atomic E-state index is 9.88. The van der Waals surface area contributed by atoms with Gasteiger partial charge >= 0.3 is 0 Å². The van der Waals surface area contributed by atoms with E-state index in [-0.39, 0.29) is 0 Å². The SMILES string of the molecule is COc1cc(C(C)O)c([Si](C)(C)C)cc1OC. The summed E-state index contributed by atoms with van der Waals surface area (Å²) in [6, 6.07) is 3.89. The highest BCUT2D eigenvalue weighted by atomic mass is 28.3. The highest BCUT2D eigenvalue weighted by Crippen LogP contribution is 2.30. The number of aliphatic hydroxyl groups excluding tert-OH is 1. The molecule has 0 saturated heterocycles. The molecule has 1 N–H and O–H groups in total. The maximum Gasteiger partial charge on any atom is 0.161 e. The molecule has 1 aromatic carbocycles. The second-order valence-electron chi connectivity index (χ2n) is 5.22. The first-order chi connectivity index (χ1) is 7.81. The predicted octanol–water partition coefficient (Wildman–Crippen LogP) is 2.30. The molecule has 0 aliphatic rings. The van der Waals surface area contributed by atoms with Crippen molar-refractivity contribution in [2.24, 2.45) is 0 Å². The van der Waals surface area contributed by atoms with Crippen LogP contribution in [0.2, 0.25) is 19.6 Å². The van der Waals surface area contributed by atoms with E-state index >= 15 is 0 Å². The van der Waals surface area contributed by atoms with Crippen LogP contribution in [0.1, 0.15) is 18.6 Å². The van der Waals surface area contributed by atoms with Crippen molar-refractivity contribution >= 4 is 13.3 Å². The Kier molecular flexibility index (Phi) is 4.22. The normalized spacial score (nSPS) is 13.4. The third kappa shape index (κ3) is 3.01. The zero-order valence-corrected chi connectivity index (χ0v) is 12.5. The fourth-order valence-corrected chi connectivity index (χ4v) is 3.60. The zero-order chi connectivity index (χ0) is 13.2. The zero-order valence-electron chi connectivity index (χ0n) is 11.5. The lowest BCUT2D eigenvalue weighted by molar-refractivity contribution is 0.199. The summed E-state index contributed by atoms with van der Waals surface area (Å²) in [7, 11) is 1.72. The minimum absolute atomic E-state index is 0.489. The Morgan fingerprint density at radius 3 is 1.88 bits per heavy atom. The van der Waals surface area contributed by atoms with E-state index in [1.165, 1.54) is 5.19 Å². The number of hydrogen-bond acceptors (Lipinski definition) is 3. The highest BCUT2D eigenvalue weighted by molar-refractivity contribution is 6.89. The summed E-state index contributed by atoms with van der Waals surface area (Å²) >= 11 is 0. The van der Waals surface area contributed by atoms with Crippen LogP contribution in [0, 0.1) is 0 Å². The minimum atomic E-state index is -1.52. The third-order valence-electron chi connectivity index (χ3n) is 2.81. The molecule has 0 amide bonds. The topological polar surface area (TPSA) is 38.7 Å². The van der Waals surface area contributed by atoms with Gasteiger partial charge in [-0.05, 0) is 24.6 Å². The van der Waals surface area contributed by atoms with Crippen LogP contribution in [-0.4, -0.2) is 27.4 Å². The molecule has 0 aliphatic heterocycles. The van der Waals surface area contributed by atoms with E-state index in [0.29, 0.717) is 5.75 Å². The predicted molar refractivity (Wildman–Crippen MR) is 73.2 cm³/mol. The highest BCUT2D eigenvalue weighted by Gasteiger charge is 2.24. The molecule has 4 heteroatoms. The molecule has 0 saturated carbocycles. The fourth-order valence-electron chi connectivity index (χ4n) is 1.89. The second-order valence-corrected chi connectivity index (χ2v) is 10.3. The molecule has 0 fully saturated rings. The Morgan fingerprint density at radius 1 is 1.06 bits per heavy atom. The summed E-state index contributed by atoms with van der Waals surface area (Å²) in [6.07, 6.45) is -0.489. The summed E-state index contributed by atoms with van der Waals surface area (Å²) in [5.74, 6) is 1.40. The fraction of sp³-hybridized carbons (Fsp3) is 0.538. The van der Waals surface area contributed by atoms with E-state index < -0.39 is 14.2 Å². The number of methoxy groups -OCH3 is 2. The summed E-state index contributed by atoms with van der Waals surface area (Å²) in [6.45, 7) is 8.53. The smallest absolute Gasteiger partial charge is 0.161 e. The van der Waals surface area contributed by atoms with Crippen LogP contribution in [0.3, 0.4) is 0 Å². The second kappa shape index (κ2) is 5.10. The van der Waals surface area contributed by atoms with Crippen molar-refractivity contribution in [3.8, 4) is 11.5 Å². The van der Waals surface area contributed by atoms with Crippen LogP contribution < -0.4 is 14.7 Å². The molecule has 96 valence electrons. The van der Waals surface area contributed by atoms with Crippen molar-refractivity contribution in [1.82, 2.24) is 0 Å². The van der Waals surface area contributed by atoms with Crippen LogP contribution >= 0.6 is 0 Å². The van der Waals surface area contributed by atoms with E-state index in [0.717, 1.165) is 11.3 Å². The molecular formula is C13H22O3Si. The van der Waals surface area contributed by atoms with Crippen molar-refractivity contribution in [2.75, 3.05) is 14.2 Å². The summed E-state index contributed by atoms with van der Waals surface area (Å²) in [4.78, 5) is 0. The van der Waals surface area contributed by atoms with Gasteiger partial charge in [-0.1, -0.05) is 24.8 Å². The molecule has 3 nitrogen and oxygen atoms in total. The Labute approximate surface area is 104 Å². The van der Waals surface area contributed by atoms with Gasteiger partial charge in [0.05, 0.1) is 28.4 Å². The monoisotopic (exact) mass is 254 g/mol. The van der Waals surface area contributed by atoms with E-state index in [4.69, 9.17) is 9.47 Å². The molecule has 0 radical (unpaired) electrons. The number of aliphatic hydroxyl groups is 1. The summed E-state index contributed by atoms with van der Waals surface area (Å²) < 4.78 is 10.6. The summed E-state index contributed by atoms with van der Waals surface area (Å²) in [5.41, 5.74) is 0.946. The lowest BCUT2D eigenvalue weighted by atomic mass is 10.1. The quantitative estimate of drug-likeness (QED) is 0.838. The van der Waals surface area contributed by atoms with Crippen molar-refractivity contribution < 1.29 is 14.6 Å². The van der Waals surface area contributed by atoms with Crippen LogP contribution in [0.15, 0.2) is 12.1 Å². The van der Waals surface area contributed by atoms with E-state index in [9.17, 15) is 5.11 Å². The molecule has 0 heterocycles. The molecule has 1 aromatic rings. The van der Waals surface area contributed by atoms with Gasteiger partial charge < -0.3 is 14.6 Å². The molecule has 0 aliphatic carbocycles. The van der Waals surface area contributed by atoms with Gasteiger partial charge in [0.1, 0.15) is 0 Å². The van der Waals surface area contributed by atoms with Crippen molar-refractivity contribution in [3.63, 3.8) is 0 Å². The van der Waals surface area contributed by atoms with Gasteiger partial charge in [-0.2, -0.15) is 0 Å². The Balaban J connectivity index is 3.46. The van der Waals surface area contributed by atoms with E-state index in [2.05, 4.69) is 19.6 Å². The Morgan fingerprint density at radius 2 is 1.53 bits per heavy atom. The average molecular weight is 254 g/mol. The Hall–Kier alpha value is -1.00. The molecule has 0 spiro atoms. The lowest BCUT2D eigenvalue weighted by Crippen LogP contribution is -2.40. The van der Waals surface area contributed by atoms with Gasteiger partial charge in [0.2, 0.25) is 0 Å². The number of ether oxygens (including phenoxy) is 2. The van der Waals surface area contributed by atoms with E-state index in [1.807, 2.05) is 12.1 Å². The molecule has 0 aromatic heterocycles. The standard InChI is InChI=1S/C13H22O3Si/c1-9(14)10-7-11(15-2)12(16-3)8-13(10)17(4,5)6/h7-9,14H,1-6H3. The van der Waals surface area contributed by atoms with Crippen LogP contribution in [0.25, 0.3) is 0 Å². The van der Waals surface area contributed by atoms with Gasteiger partial charge in [0.15, 0.2) is 11.5 Å². The molecule has 1 rings (SSSR count). The van der Waals surface area contributed by atoms with Crippen molar-refractivity contribution in [3.05, 3.63) is 17.7 Å². The first-order valence-electron chi connectivity index (χ1n) is 5.75. The van der Waals surface area contributed by atoms with Crippen molar-refractivity contribution in [2.45, 2.75) is 32.7 Å². The molecular weight excluding hydrogens is 232 g/mol. The third-order valence-corrected chi connectivity index (χ3v) is 4.86. The average Bonchev–Trinajstić information content (AvgIpc) is 2.25. The van der Waals surface area contributed by atoms with E-state index in [1.54, 1.807) is 21.1 Å². The largest absolute Gasteiger partial charge is 0.493 e. The minimum Gasteiger partial charge on any atom is -0.493 e. The maximum atomic E-state index is 9.88. The molecule has 1 atom stereocenters.